The highest BCUT2D eigenvalue weighted by molar-refractivity contribution is 5.31. The molecule has 0 saturated heterocycles. The lowest BCUT2D eigenvalue weighted by Gasteiger charge is -2.10. The molecule has 0 spiro atoms. The van der Waals surface area contributed by atoms with Crippen molar-refractivity contribution in [2.75, 3.05) is 11.9 Å². The first-order chi connectivity index (χ1) is 6.22. The Balaban J connectivity index is 2.26. The van der Waals surface area contributed by atoms with Crippen molar-refractivity contribution in [3.8, 4) is 0 Å². The summed E-state index contributed by atoms with van der Waals surface area (Å²) in [6.07, 6.45) is 4.48. The van der Waals surface area contributed by atoms with Gasteiger partial charge in [-0.15, -0.1) is 0 Å². The van der Waals surface area contributed by atoms with E-state index in [1.54, 1.807) is 0 Å². The number of nitrogens with one attached hydrogen (secondary N) is 1. The van der Waals surface area contributed by atoms with Gasteiger partial charge in [-0.3, -0.25) is 4.68 Å². The van der Waals surface area contributed by atoms with E-state index in [1.807, 2.05) is 24.0 Å². The molecule has 1 aromatic rings. The Morgan fingerprint density at radius 2 is 2.38 bits per heavy atom. The SMILES string of the molecule is CCC[C@H](C)CNc1ccn(C)n1. The summed E-state index contributed by atoms with van der Waals surface area (Å²) in [6.45, 7) is 5.50. The monoisotopic (exact) mass is 181 g/mol. The molecule has 1 aromatic heterocycles. The topological polar surface area (TPSA) is 29.9 Å². The fraction of sp³-hybridized carbons (Fsp3) is 0.700. The Hall–Kier alpha value is -0.990. The number of hydrogen-bond donors (Lipinski definition) is 1. The minimum atomic E-state index is 0.729. The van der Waals surface area contributed by atoms with Crippen molar-refractivity contribution in [1.82, 2.24) is 9.78 Å². The number of anilines is 1. The molecule has 1 heterocycles. The van der Waals surface area contributed by atoms with Crippen LogP contribution in [0.2, 0.25) is 0 Å². The molecule has 0 amide bonds. The van der Waals surface area contributed by atoms with Crippen LogP contribution in [-0.4, -0.2) is 16.3 Å². The highest BCUT2D eigenvalue weighted by Crippen LogP contribution is 2.07. The third-order valence-corrected chi connectivity index (χ3v) is 2.13. The lowest BCUT2D eigenvalue weighted by molar-refractivity contribution is 0.549. The molecule has 1 atom stereocenters. The van der Waals surface area contributed by atoms with Gasteiger partial charge in [0, 0.05) is 25.9 Å². The highest BCUT2D eigenvalue weighted by Gasteiger charge is 2.01. The summed E-state index contributed by atoms with van der Waals surface area (Å²) >= 11 is 0. The average molecular weight is 181 g/mol. The van der Waals surface area contributed by atoms with Crippen LogP contribution in [0, 0.1) is 5.92 Å². The maximum absolute atomic E-state index is 4.25. The lowest BCUT2D eigenvalue weighted by atomic mass is 10.1. The second-order valence-electron chi connectivity index (χ2n) is 3.65. The predicted octanol–water partition coefficient (Wildman–Crippen LogP) is 2.27. The number of aryl methyl sites for hydroxylation is 1. The third kappa shape index (κ3) is 3.49. The molecule has 0 aromatic carbocycles. The van der Waals surface area contributed by atoms with Crippen LogP contribution in [0.25, 0.3) is 0 Å². The number of aromatic nitrogens is 2. The first-order valence-electron chi connectivity index (χ1n) is 4.96. The van der Waals surface area contributed by atoms with Gasteiger partial charge in [-0.05, 0) is 12.3 Å². The quantitative estimate of drug-likeness (QED) is 0.755. The van der Waals surface area contributed by atoms with E-state index < -0.39 is 0 Å². The third-order valence-electron chi connectivity index (χ3n) is 2.13. The van der Waals surface area contributed by atoms with Crippen molar-refractivity contribution >= 4 is 5.82 Å². The summed E-state index contributed by atoms with van der Waals surface area (Å²) in [4.78, 5) is 0. The zero-order chi connectivity index (χ0) is 9.68. The van der Waals surface area contributed by atoms with Crippen molar-refractivity contribution < 1.29 is 0 Å². The average Bonchev–Trinajstić information content (AvgIpc) is 2.49. The molecule has 0 aliphatic heterocycles. The van der Waals surface area contributed by atoms with E-state index in [9.17, 15) is 0 Å². The first-order valence-corrected chi connectivity index (χ1v) is 4.96. The van der Waals surface area contributed by atoms with Crippen molar-refractivity contribution in [3.63, 3.8) is 0 Å². The standard InChI is InChI=1S/C10H19N3/c1-4-5-9(2)8-11-10-6-7-13(3)12-10/h6-7,9H,4-5,8H2,1-3H3,(H,11,12)/t9-/m0/s1. The molecular weight excluding hydrogens is 162 g/mol. The van der Waals surface area contributed by atoms with Crippen LogP contribution in [0.15, 0.2) is 12.3 Å². The van der Waals surface area contributed by atoms with Crippen LogP contribution in [0.5, 0.6) is 0 Å². The van der Waals surface area contributed by atoms with Gasteiger partial charge in [0.2, 0.25) is 0 Å². The largest absolute Gasteiger partial charge is 0.368 e. The molecule has 0 aliphatic carbocycles. The van der Waals surface area contributed by atoms with E-state index >= 15 is 0 Å². The molecular formula is C10H19N3. The fourth-order valence-corrected chi connectivity index (χ4v) is 1.38. The minimum Gasteiger partial charge on any atom is -0.368 e. The zero-order valence-corrected chi connectivity index (χ0v) is 8.75. The van der Waals surface area contributed by atoms with Gasteiger partial charge in [-0.25, -0.2) is 0 Å². The molecule has 0 aliphatic rings. The van der Waals surface area contributed by atoms with Gasteiger partial charge < -0.3 is 5.32 Å². The molecule has 13 heavy (non-hydrogen) atoms. The van der Waals surface area contributed by atoms with E-state index in [0.29, 0.717) is 0 Å². The summed E-state index contributed by atoms with van der Waals surface area (Å²) in [7, 11) is 1.93. The van der Waals surface area contributed by atoms with Crippen LogP contribution < -0.4 is 5.32 Å². The Bertz CT molecular complexity index is 242. The smallest absolute Gasteiger partial charge is 0.147 e. The van der Waals surface area contributed by atoms with E-state index in [1.165, 1.54) is 12.8 Å². The second-order valence-corrected chi connectivity index (χ2v) is 3.65. The number of hydrogen-bond acceptors (Lipinski definition) is 2. The van der Waals surface area contributed by atoms with Crippen LogP contribution in [0.4, 0.5) is 5.82 Å². The van der Waals surface area contributed by atoms with Crippen molar-refractivity contribution in [1.29, 1.82) is 0 Å². The Kier molecular flexibility index (Phi) is 3.80. The Morgan fingerprint density at radius 3 is 2.92 bits per heavy atom. The molecule has 1 rings (SSSR count). The van der Waals surface area contributed by atoms with Gasteiger partial charge in [0.25, 0.3) is 0 Å². The maximum atomic E-state index is 4.25. The molecule has 74 valence electrons. The molecule has 0 fully saturated rings. The second kappa shape index (κ2) is 4.90. The normalized spacial score (nSPS) is 12.8. The summed E-state index contributed by atoms with van der Waals surface area (Å²) in [5.74, 6) is 1.71. The summed E-state index contributed by atoms with van der Waals surface area (Å²) in [5, 5.41) is 7.57. The molecule has 3 nitrogen and oxygen atoms in total. The van der Waals surface area contributed by atoms with Gasteiger partial charge in [0.1, 0.15) is 5.82 Å². The van der Waals surface area contributed by atoms with Crippen molar-refractivity contribution in [2.45, 2.75) is 26.7 Å². The molecule has 3 heteroatoms. The van der Waals surface area contributed by atoms with Gasteiger partial charge in [0.05, 0.1) is 0 Å². The van der Waals surface area contributed by atoms with Crippen LogP contribution in [0.1, 0.15) is 26.7 Å². The maximum Gasteiger partial charge on any atom is 0.147 e. The summed E-state index contributed by atoms with van der Waals surface area (Å²) < 4.78 is 1.81. The molecule has 0 radical (unpaired) electrons. The van der Waals surface area contributed by atoms with Gasteiger partial charge in [0.15, 0.2) is 0 Å². The van der Waals surface area contributed by atoms with Crippen LogP contribution in [-0.2, 0) is 7.05 Å². The van der Waals surface area contributed by atoms with Gasteiger partial charge in [-0.1, -0.05) is 20.3 Å². The van der Waals surface area contributed by atoms with Crippen LogP contribution in [0.3, 0.4) is 0 Å². The Labute approximate surface area is 80.1 Å². The van der Waals surface area contributed by atoms with E-state index in [-0.39, 0.29) is 0 Å². The minimum absolute atomic E-state index is 0.729. The number of rotatable bonds is 5. The van der Waals surface area contributed by atoms with E-state index in [0.717, 1.165) is 18.3 Å². The van der Waals surface area contributed by atoms with Crippen molar-refractivity contribution in [3.05, 3.63) is 12.3 Å². The Morgan fingerprint density at radius 1 is 1.62 bits per heavy atom. The number of nitrogens with zero attached hydrogens (tertiary/aromatic N) is 2. The van der Waals surface area contributed by atoms with Gasteiger partial charge >= 0.3 is 0 Å². The highest BCUT2D eigenvalue weighted by atomic mass is 15.3. The zero-order valence-electron chi connectivity index (χ0n) is 8.75. The van der Waals surface area contributed by atoms with E-state index in [4.69, 9.17) is 0 Å². The fourth-order valence-electron chi connectivity index (χ4n) is 1.38. The van der Waals surface area contributed by atoms with Gasteiger partial charge in [-0.2, -0.15) is 5.10 Å². The summed E-state index contributed by atoms with van der Waals surface area (Å²) in [5.41, 5.74) is 0. The van der Waals surface area contributed by atoms with Crippen LogP contribution >= 0.6 is 0 Å². The predicted molar refractivity (Wildman–Crippen MR) is 55.8 cm³/mol. The van der Waals surface area contributed by atoms with Crippen molar-refractivity contribution in [2.24, 2.45) is 13.0 Å². The summed E-state index contributed by atoms with van der Waals surface area (Å²) in [6, 6.07) is 2.00. The molecule has 0 unspecified atom stereocenters. The first kappa shape index (κ1) is 10.1. The lowest BCUT2D eigenvalue weighted by Crippen LogP contribution is -2.11. The van der Waals surface area contributed by atoms with E-state index in [2.05, 4.69) is 24.3 Å². The molecule has 0 saturated carbocycles. The molecule has 0 bridgehead atoms. The molecule has 1 N–H and O–H groups in total.